The molecule has 2 unspecified atom stereocenters. The van der Waals surface area contributed by atoms with Gasteiger partial charge in [0.15, 0.2) is 0 Å². The number of hydrogen-bond acceptors (Lipinski definition) is 3. The van der Waals surface area contributed by atoms with Crippen molar-refractivity contribution in [3.63, 3.8) is 0 Å². The Morgan fingerprint density at radius 1 is 0.762 bits per heavy atom. The van der Waals surface area contributed by atoms with Crippen LogP contribution in [0.3, 0.4) is 0 Å². The molecular weight excluding hydrogens is 262 g/mol. The second-order valence-corrected chi connectivity index (χ2v) is 6.87. The molecule has 0 bridgehead atoms. The highest BCUT2D eigenvalue weighted by Gasteiger charge is 2.25. The van der Waals surface area contributed by atoms with E-state index in [0.29, 0.717) is 5.92 Å². The van der Waals surface area contributed by atoms with Crippen molar-refractivity contribution in [3.05, 3.63) is 0 Å². The highest BCUT2D eigenvalue weighted by molar-refractivity contribution is 4.78. The molecular formula is C18H37NO2. The maximum absolute atomic E-state index is 9.79. The van der Waals surface area contributed by atoms with Crippen molar-refractivity contribution in [2.75, 3.05) is 19.6 Å². The third-order valence-electron chi connectivity index (χ3n) is 4.86. The molecule has 126 valence electrons. The van der Waals surface area contributed by atoms with E-state index in [-0.39, 0.29) is 0 Å². The quantitative estimate of drug-likeness (QED) is 0.479. The van der Waals surface area contributed by atoms with Crippen LogP contribution >= 0.6 is 0 Å². The number of aliphatic hydroxyl groups excluding tert-OH is 2. The fourth-order valence-electron chi connectivity index (χ4n) is 3.35. The predicted octanol–water partition coefficient (Wildman–Crippen LogP) is 3.58. The molecule has 1 fully saturated rings. The van der Waals surface area contributed by atoms with Crippen LogP contribution < -0.4 is 0 Å². The van der Waals surface area contributed by atoms with Gasteiger partial charge < -0.3 is 15.1 Å². The van der Waals surface area contributed by atoms with Crippen molar-refractivity contribution in [2.45, 2.75) is 90.3 Å². The van der Waals surface area contributed by atoms with E-state index in [1.54, 1.807) is 0 Å². The molecule has 1 saturated carbocycles. The van der Waals surface area contributed by atoms with Crippen LogP contribution in [0.15, 0.2) is 0 Å². The first kappa shape index (κ1) is 18.9. The number of nitrogens with zero attached hydrogens (tertiary/aromatic N) is 1. The average molecular weight is 299 g/mol. The van der Waals surface area contributed by atoms with E-state index in [4.69, 9.17) is 0 Å². The summed E-state index contributed by atoms with van der Waals surface area (Å²) in [5, 5.41) is 19.6. The van der Waals surface area contributed by atoms with Crippen LogP contribution in [-0.2, 0) is 0 Å². The average Bonchev–Trinajstić information content (AvgIpc) is 2.63. The number of unbranched alkanes of at least 4 members (excludes halogenated alkanes) is 4. The second-order valence-electron chi connectivity index (χ2n) is 6.87. The molecule has 0 aliphatic heterocycles. The largest absolute Gasteiger partial charge is 0.390 e. The van der Waals surface area contributed by atoms with Crippen LogP contribution in [0.5, 0.6) is 0 Å². The third kappa shape index (κ3) is 8.18. The zero-order valence-electron chi connectivity index (χ0n) is 14.3. The van der Waals surface area contributed by atoms with Crippen molar-refractivity contribution in [3.8, 4) is 0 Å². The zero-order valence-corrected chi connectivity index (χ0v) is 14.3. The van der Waals surface area contributed by atoms with Crippen LogP contribution in [0.4, 0.5) is 0 Å². The van der Waals surface area contributed by atoms with Gasteiger partial charge in [0.2, 0.25) is 0 Å². The van der Waals surface area contributed by atoms with E-state index in [0.717, 1.165) is 32.2 Å². The molecule has 3 heteroatoms. The van der Waals surface area contributed by atoms with Gasteiger partial charge in [0.25, 0.3) is 0 Å². The van der Waals surface area contributed by atoms with Gasteiger partial charge in [-0.05, 0) is 57.5 Å². The third-order valence-corrected chi connectivity index (χ3v) is 4.86. The lowest BCUT2D eigenvalue weighted by Crippen LogP contribution is -2.31. The van der Waals surface area contributed by atoms with Gasteiger partial charge in [0.1, 0.15) is 0 Å². The van der Waals surface area contributed by atoms with E-state index >= 15 is 0 Å². The first-order valence-electron chi connectivity index (χ1n) is 9.25. The van der Waals surface area contributed by atoms with Gasteiger partial charge in [-0.25, -0.2) is 0 Å². The van der Waals surface area contributed by atoms with E-state index in [1.807, 2.05) is 0 Å². The van der Waals surface area contributed by atoms with Crippen molar-refractivity contribution in [1.82, 2.24) is 4.90 Å². The summed E-state index contributed by atoms with van der Waals surface area (Å²) >= 11 is 0. The lowest BCUT2D eigenvalue weighted by atomic mass is 9.99. The van der Waals surface area contributed by atoms with Gasteiger partial charge in [-0.2, -0.15) is 0 Å². The summed E-state index contributed by atoms with van der Waals surface area (Å²) in [6.07, 6.45) is 10.5. The maximum Gasteiger partial charge on any atom is 0.0799 e. The van der Waals surface area contributed by atoms with E-state index in [2.05, 4.69) is 18.7 Å². The summed E-state index contributed by atoms with van der Waals surface area (Å²) in [5.41, 5.74) is 0. The molecule has 0 aromatic carbocycles. The van der Waals surface area contributed by atoms with Gasteiger partial charge >= 0.3 is 0 Å². The van der Waals surface area contributed by atoms with E-state index in [9.17, 15) is 10.2 Å². The molecule has 0 spiro atoms. The maximum atomic E-state index is 9.79. The molecule has 0 saturated heterocycles. The lowest BCUT2D eigenvalue weighted by Gasteiger charge is -2.27. The van der Waals surface area contributed by atoms with Crippen molar-refractivity contribution in [2.24, 2.45) is 5.92 Å². The monoisotopic (exact) mass is 299 g/mol. The lowest BCUT2D eigenvalue weighted by molar-refractivity contribution is 0.0157. The summed E-state index contributed by atoms with van der Waals surface area (Å²) in [5.74, 6) is 0.653. The van der Waals surface area contributed by atoms with Gasteiger partial charge in [-0.3, -0.25) is 0 Å². The highest BCUT2D eigenvalue weighted by Crippen LogP contribution is 2.25. The number of aliphatic hydroxyl groups is 2. The molecule has 0 heterocycles. The van der Waals surface area contributed by atoms with Gasteiger partial charge in [0, 0.05) is 6.54 Å². The van der Waals surface area contributed by atoms with Crippen LogP contribution in [0.1, 0.15) is 78.1 Å². The molecule has 3 nitrogen and oxygen atoms in total. The minimum atomic E-state index is -0.497. The molecule has 21 heavy (non-hydrogen) atoms. The molecule has 2 N–H and O–H groups in total. The van der Waals surface area contributed by atoms with Gasteiger partial charge in [-0.15, -0.1) is 0 Å². The molecule has 0 amide bonds. The van der Waals surface area contributed by atoms with Crippen LogP contribution in [0, 0.1) is 5.92 Å². The van der Waals surface area contributed by atoms with E-state index in [1.165, 1.54) is 51.6 Å². The summed E-state index contributed by atoms with van der Waals surface area (Å²) in [6.45, 7) is 8.12. The first-order chi connectivity index (χ1) is 10.2. The minimum absolute atomic E-state index is 0.497. The second kappa shape index (κ2) is 11.4. The Bertz CT molecular complexity index is 225. The minimum Gasteiger partial charge on any atom is -0.390 e. The molecule has 0 aromatic rings. The summed E-state index contributed by atoms with van der Waals surface area (Å²) in [4.78, 5) is 2.64. The molecule has 2 atom stereocenters. The molecule has 1 aliphatic carbocycles. The zero-order chi connectivity index (χ0) is 15.5. The van der Waals surface area contributed by atoms with Crippen LogP contribution in [0.25, 0.3) is 0 Å². The van der Waals surface area contributed by atoms with Gasteiger partial charge in [-0.1, -0.05) is 39.5 Å². The highest BCUT2D eigenvalue weighted by atomic mass is 16.3. The fourth-order valence-corrected chi connectivity index (χ4v) is 3.35. The topological polar surface area (TPSA) is 43.7 Å². The molecule has 1 aliphatic rings. The van der Waals surface area contributed by atoms with Crippen LogP contribution in [-0.4, -0.2) is 47.0 Å². The van der Waals surface area contributed by atoms with Gasteiger partial charge in [0.05, 0.1) is 12.2 Å². The fraction of sp³-hybridized carbons (Fsp3) is 1.00. The Labute approximate surface area is 131 Å². The van der Waals surface area contributed by atoms with Crippen LogP contribution in [0.2, 0.25) is 0 Å². The Balaban J connectivity index is 2.37. The summed E-state index contributed by atoms with van der Waals surface area (Å²) in [6, 6.07) is 0. The standard InChI is InChI=1S/C18H37NO2/c1-3-5-7-13-19(14-8-6-4-2)15-16-9-11-17(20)18(21)12-10-16/h16-18,20-21H,3-15H2,1-2H3. The Kier molecular flexibility index (Phi) is 10.3. The molecule has 1 rings (SSSR count). The number of hydrogen-bond donors (Lipinski definition) is 2. The molecule has 0 aromatic heterocycles. The smallest absolute Gasteiger partial charge is 0.0799 e. The predicted molar refractivity (Wildman–Crippen MR) is 89.5 cm³/mol. The summed E-state index contributed by atoms with van der Waals surface area (Å²) in [7, 11) is 0. The SMILES string of the molecule is CCCCCN(CCCCC)CC1CCC(O)C(O)CC1. The van der Waals surface area contributed by atoms with Crippen molar-refractivity contribution >= 4 is 0 Å². The van der Waals surface area contributed by atoms with Crippen molar-refractivity contribution in [1.29, 1.82) is 0 Å². The van der Waals surface area contributed by atoms with Crippen molar-refractivity contribution < 1.29 is 10.2 Å². The van der Waals surface area contributed by atoms with E-state index < -0.39 is 12.2 Å². The molecule has 0 radical (unpaired) electrons. The first-order valence-corrected chi connectivity index (χ1v) is 9.25. The number of rotatable bonds is 10. The summed E-state index contributed by atoms with van der Waals surface area (Å²) < 4.78 is 0. The normalized spacial score (nSPS) is 27.0. The Morgan fingerprint density at radius 3 is 1.67 bits per heavy atom. The Morgan fingerprint density at radius 2 is 1.24 bits per heavy atom. The Hall–Kier alpha value is -0.120.